The molecule has 0 atom stereocenters. The van der Waals surface area contributed by atoms with Crippen molar-refractivity contribution in [2.75, 3.05) is 31.5 Å². The minimum atomic E-state index is -3.44. The van der Waals surface area contributed by atoms with E-state index in [2.05, 4.69) is 15.4 Å². The molecule has 1 aromatic carbocycles. The summed E-state index contributed by atoms with van der Waals surface area (Å²) in [6, 6.07) is 6.39. The average molecular weight is 385 g/mol. The van der Waals surface area contributed by atoms with Gasteiger partial charge in [-0.2, -0.15) is 0 Å². The van der Waals surface area contributed by atoms with E-state index in [1.807, 2.05) is 4.90 Å². The van der Waals surface area contributed by atoms with Gasteiger partial charge in [0.25, 0.3) is 0 Å². The van der Waals surface area contributed by atoms with Crippen molar-refractivity contribution in [3.8, 4) is 0 Å². The van der Waals surface area contributed by atoms with Gasteiger partial charge in [-0.25, -0.2) is 13.1 Å². The Hall–Kier alpha value is -1.71. The summed E-state index contributed by atoms with van der Waals surface area (Å²) in [5, 5.41) is 6.57. The highest BCUT2D eigenvalue weighted by Gasteiger charge is 2.18. The molecule has 138 valence electrons. The highest BCUT2D eigenvalue weighted by molar-refractivity contribution is 7.89. The third-order valence-corrected chi connectivity index (χ3v) is 5.63. The molecule has 25 heavy (non-hydrogen) atoms. The molecule has 0 saturated carbocycles. The first kappa shape index (κ1) is 19.6. The fraction of sp³-hybridized carbons (Fsp3) is 0.500. The Labute approximate surface area is 154 Å². The zero-order valence-electron chi connectivity index (χ0n) is 14.2. The van der Waals surface area contributed by atoms with Gasteiger partial charge in [0.2, 0.25) is 15.9 Å². The number of benzene rings is 1. The van der Waals surface area contributed by atoms with Gasteiger partial charge in [0.05, 0.1) is 4.90 Å². The quantitative estimate of drug-likeness (QED) is 0.462. The lowest BCUT2D eigenvalue weighted by molar-refractivity contribution is -0.127. The topological polar surface area (TPSA) is 90.5 Å². The van der Waals surface area contributed by atoms with Crippen LogP contribution in [-0.4, -0.2) is 50.5 Å². The Morgan fingerprint density at radius 3 is 2.60 bits per heavy atom. The second kappa shape index (κ2) is 9.12. The molecule has 0 aromatic heterocycles. The van der Waals surface area contributed by atoms with Gasteiger partial charge >= 0.3 is 0 Å². The first-order valence-corrected chi connectivity index (χ1v) is 10.2. The smallest absolute Gasteiger partial charge is 0.240 e. The molecule has 7 nitrogen and oxygen atoms in total. The minimum absolute atomic E-state index is 0.217. The van der Waals surface area contributed by atoms with Crippen molar-refractivity contribution in [3.63, 3.8) is 0 Å². The maximum atomic E-state index is 11.9. The summed E-state index contributed by atoms with van der Waals surface area (Å²) in [6.07, 6.45) is 2.44. The average Bonchev–Trinajstić information content (AvgIpc) is 2.97. The molecule has 1 fully saturated rings. The molecule has 1 aliphatic heterocycles. The second-order valence-corrected chi connectivity index (χ2v) is 7.92. The number of carbonyl (C=O) groups excluding carboxylic acids is 1. The Morgan fingerprint density at radius 1 is 1.28 bits per heavy atom. The van der Waals surface area contributed by atoms with E-state index in [9.17, 15) is 13.2 Å². The number of amides is 1. The largest absolute Gasteiger partial charge is 0.362 e. The summed E-state index contributed by atoms with van der Waals surface area (Å²) in [4.78, 5) is 13.6. The van der Waals surface area contributed by atoms with Crippen molar-refractivity contribution >= 4 is 38.9 Å². The number of carbonyl (C=O) groups is 1. The number of nitrogens with one attached hydrogen (secondary N) is 3. The molecule has 1 amide bonds. The highest BCUT2D eigenvalue weighted by Crippen LogP contribution is 2.14. The van der Waals surface area contributed by atoms with Crippen LogP contribution in [0.25, 0.3) is 0 Å². The number of hydrogen-bond donors (Lipinski definition) is 3. The maximum absolute atomic E-state index is 11.9. The number of nitrogens with zero attached hydrogens (tertiary/aromatic N) is 1. The van der Waals surface area contributed by atoms with Gasteiger partial charge in [-0.3, -0.25) is 4.79 Å². The maximum Gasteiger partial charge on any atom is 0.240 e. The fourth-order valence-corrected chi connectivity index (χ4v) is 3.84. The molecule has 0 bridgehead atoms. The first-order valence-electron chi connectivity index (χ1n) is 8.35. The summed E-state index contributed by atoms with van der Waals surface area (Å²) in [5.41, 5.74) is 0.711. The van der Waals surface area contributed by atoms with Crippen molar-refractivity contribution in [1.82, 2.24) is 14.9 Å². The van der Waals surface area contributed by atoms with Crippen LogP contribution in [0.1, 0.15) is 26.2 Å². The third kappa shape index (κ3) is 5.94. The van der Waals surface area contributed by atoms with Crippen molar-refractivity contribution in [2.24, 2.45) is 0 Å². The zero-order valence-corrected chi connectivity index (χ0v) is 15.9. The van der Waals surface area contributed by atoms with Crippen LogP contribution in [0.15, 0.2) is 29.2 Å². The third-order valence-electron chi connectivity index (χ3n) is 3.82. The summed E-state index contributed by atoms with van der Waals surface area (Å²) in [5.74, 6) is 0.230. The van der Waals surface area contributed by atoms with Gasteiger partial charge in [0.1, 0.15) is 0 Å². The van der Waals surface area contributed by atoms with Crippen LogP contribution in [0.4, 0.5) is 5.69 Å². The van der Waals surface area contributed by atoms with Gasteiger partial charge in [0, 0.05) is 38.3 Å². The SMILES string of the molecule is CCNS(=O)(=O)c1ccc(NC(=S)NCCCN2CCCC2=O)cc1. The van der Waals surface area contributed by atoms with E-state index < -0.39 is 10.0 Å². The number of likely N-dealkylation sites (tertiary alicyclic amines) is 1. The van der Waals surface area contributed by atoms with E-state index in [1.54, 1.807) is 19.1 Å². The van der Waals surface area contributed by atoms with Crippen LogP contribution in [0, 0.1) is 0 Å². The normalized spacial score (nSPS) is 14.6. The predicted molar refractivity (Wildman–Crippen MR) is 102 cm³/mol. The van der Waals surface area contributed by atoms with E-state index in [1.165, 1.54) is 12.1 Å². The van der Waals surface area contributed by atoms with Gasteiger partial charge in [-0.05, 0) is 49.3 Å². The molecular formula is C16H24N4O3S2. The molecule has 0 radical (unpaired) electrons. The van der Waals surface area contributed by atoms with Crippen molar-refractivity contribution < 1.29 is 13.2 Å². The number of sulfonamides is 1. The number of anilines is 1. The highest BCUT2D eigenvalue weighted by atomic mass is 32.2. The van der Waals surface area contributed by atoms with E-state index in [-0.39, 0.29) is 10.8 Å². The minimum Gasteiger partial charge on any atom is -0.362 e. The number of thiocarbonyl (C=S) groups is 1. The van der Waals surface area contributed by atoms with E-state index in [4.69, 9.17) is 12.2 Å². The summed E-state index contributed by atoms with van der Waals surface area (Å²) in [6.45, 7) is 4.34. The molecule has 1 aliphatic rings. The van der Waals surface area contributed by atoms with Gasteiger partial charge in [-0.1, -0.05) is 6.92 Å². The van der Waals surface area contributed by atoms with E-state index in [0.717, 1.165) is 25.9 Å². The first-order chi connectivity index (χ1) is 11.9. The Balaban J connectivity index is 1.74. The lowest BCUT2D eigenvalue weighted by Gasteiger charge is -2.16. The lowest BCUT2D eigenvalue weighted by Crippen LogP contribution is -2.32. The number of rotatable bonds is 8. The van der Waals surface area contributed by atoms with Crippen LogP contribution < -0.4 is 15.4 Å². The predicted octanol–water partition coefficient (Wildman–Crippen LogP) is 1.28. The lowest BCUT2D eigenvalue weighted by atomic mass is 10.3. The Morgan fingerprint density at radius 2 is 2.00 bits per heavy atom. The van der Waals surface area contributed by atoms with Crippen LogP contribution in [0.3, 0.4) is 0 Å². The van der Waals surface area contributed by atoms with Gasteiger partial charge in [0.15, 0.2) is 5.11 Å². The van der Waals surface area contributed by atoms with Crippen LogP contribution in [0.5, 0.6) is 0 Å². The van der Waals surface area contributed by atoms with Crippen LogP contribution in [-0.2, 0) is 14.8 Å². The zero-order chi connectivity index (χ0) is 18.3. The summed E-state index contributed by atoms with van der Waals surface area (Å²) < 4.78 is 26.2. The van der Waals surface area contributed by atoms with Crippen LogP contribution in [0.2, 0.25) is 0 Å². The molecule has 3 N–H and O–H groups in total. The monoisotopic (exact) mass is 384 g/mol. The van der Waals surface area contributed by atoms with Crippen molar-refractivity contribution in [2.45, 2.75) is 31.1 Å². The second-order valence-electron chi connectivity index (χ2n) is 5.74. The summed E-state index contributed by atoms with van der Waals surface area (Å²) >= 11 is 5.22. The molecule has 1 saturated heterocycles. The standard InChI is InChI=1S/C16H24N4O3S2/c1-2-18-25(22,23)14-8-6-13(7-9-14)19-16(24)17-10-4-12-20-11-3-5-15(20)21/h6-9,18H,2-5,10-12H2,1H3,(H2,17,19,24). The molecule has 2 rings (SSSR count). The van der Waals surface area contributed by atoms with E-state index >= 15 is 0 Å². The van der Waals surface area contributed by atoms with Crippen molar-refractivity contribution in [3.05, 3.63) is 24.3 Å². The molecule has 0 aliphatic carbocycles. The molecule has 0 spiro atoms. The van der Waals surface area contributed by atoms with E-state index in [0.29, 0.717) is 30.3 Å². The molecule has 1 heterocycles. The van der Waals surface area contributed by atoms with Crippen molar-refractivity contribution in [1.29, 1.82) is 0 Å². The van der Waals surface area contributed by atoms with Gasteiger partial charge < -0.3 is 15.5 Å². The van der Waals surface area contributed by atoms with Gasteiger partial charge in [-0.15, -0.1) is 0 Å². The Bertz CT molecular complexity index is 705. The molecule has 1 aromatic rings. The number of hydrogen-bond acceptors (Lipinski definition) is 4. The summed E-state index contributed by atoms with van der Waals surface area (Å²) in [7, 11) is -3.44. The molecular weight excluding hydrogens is 360 g/mol. The fourth-order valence-electron chi connectivity index (χ4n) is 2.58. The molecule has 0 unspecified atom stereocenters. The van der Waals surface area contributed by atoms with Crippen LogP contribution >= 0.6 is 12.2 Å². The Kier molecular flexibility index (Phi) is 7.15. The molecule has 9 heteroatoms.